The van der Waals surface area contributed by atoms with Gasteiger partial charge in [0.05, 0.1) is 34.9 Å². The number of nitrogens with zero attached hydrogens (tertiary/aromatic N) is 6. The number of imide groups is 1. The number of ether oxygens (including phenoxy) is 1. The summed E-state index contributed by atoms with van der Waals surface area (Å²) in [7, 11) is 1.64. The van der Waals surface area contributed by atoms with Gasteiger partial charge in [0.15, 0.2) is 0 Å². The van der Waals surface area contributed by atoms with E-state index in [-0.39, 0.29) is 53.6 Å². The van der Waals surface area contributed by atoms with Crippen LogP contribution in [0.3, 0.4) is 0 Å². The van der Waals surface area contributed by atoms with E-state index < -0.39 is 23.8 Å². The minimum atomic E-state index is -4.53. The molecular weight excluding hydrogens is 935 g/mol. The fraction of sp³-hybridized carbons (Fsp3) is 0.547. The van der Waals surface area contributed by atoms with Gasteiger partial charge in [0.25, 0.3) is 5.91 Å². The highest BCUT2D eigenvalue weighted by Gasteiger charge is 2.40. The van der Waals surface area contributed by atoms with Crippen molar-refractivity contribution in [3.8, 4) is 5.75 Å². The Labute approximate surface area is 418 Å². The predicted molar refractivity (Wildman–Crippen MR) is 268 cm³/mol. The normalized spacial score (nSPS) is 21.9. The zero-order valence-corrected chi connectivity index (χ0v) is 41.6. The van der Waals surface area contributed by atoms with E-state index >= 15 is 0 Å². The van der Waals surface area contributed by atoms with Gasteiger partial charge in [-0.1, -0.05) is 11.6 Å². The first-order valence-electron chi connectivity index (χ1n) is 25.3. The average molecular weight is 1000 g/mol. The maximum absolute atomic E-state index is 13.9. The third kappa shape index (κ3) is 11.2. The summed E-state index contributed by atoms with van der Waals surface area (Å²) >= 11 is 6.44. The van der Waals surface area contributed by atoms with Crippen LogP contribution in [0.1, 0.15) is 129 Å². The van der Waals surface area contributed by atoms with Crippen LogP contribution in [0.15, 0.2) is 48.5 Å². The lowest BCUT2D eigenvalue weighted by Gasteiger charge is -2.46. The van der Waals surface area contributed by atoms with Gasteiger partial charge in [-0.05, 0) is 162 Å². The van der Waals surface area contributed by atoms with Crippen LogP contribution >= 0.6 is 11.6 Å². The number of aryl methyl sites for hydroxylation is 1. The molecule has 5 fully saturated rings. The van der Waals surface area contributed by atoms with Gasteiger partial charge in [0.1, 0.15) is 17.4 Å². The fourth-order valence-corrected chi connectivity index (χ4v) is 12.1. The Balaban J connectivity index is 0.718. The van der Waals surface area contributed by atoms with Crippen molar-refractivity contribution in [1.82, 2.24) is 30.0 Å². The molecule has 0 radical (unpaired) electrons. The third-order valence-electron chi connectivity index (χ3n) is 16.2. The number of carbonyl (C=O) groups excluding carboxylic acids is 4. The van der Waals surface area contributed by atoms with Crippen LogP contribution < -0.4 is 26.0 Å². The van der Waals surface area contributed by atoms with Crippen molar-refractivity contribution in [2.24, 2.45) is 17.3 Å². The molecule has 0 bridgehead atoms. The largest absolute Gasteiger partial charge is 0.496 e. The highest BCUT2D eigenvalue weighted by atomic mass is 35.5. The van der Waals surface area contributed by atoms with Gasteiger partial charge in [-0.3, -0.25) is 29.5 Å². The van der Waals surface area contributed by atoms with Crippen LogP contribution in [-0.2, 0) is 15.8 Å². The van der Waals surface area contributed by atoms with Crippen LogP contribution in [0.4, 0.5) is 35.2 Å². The van der Waals surface area contributed by atoms with E-state index in [2.05, 4.69) is 30.4 Å². The quantitative estimate of drug-likeness (QED) is 0.123. The van der Waals surface area contributed by atoms with E-state index in [4.69, 9.17) is 22.1 Å². The zero-order chi connectivity index (χ0) is 50.2. The number of likely N-dealkylation sites (tertiary alicyclic amines) is 1. The number of nitrogens with one attached hydrogen (secondary N) is 2. The molecule has 5 aliphatic rings. The standard InChI is InChI=1S/C53H65ClF3N9O5/c1-32(38-26-39(53(55,56)57)29-40(58)27-38)59-48-42-30-41(46(71-3)31-44(42)60-33(2)61-48)35-4-6-36(7-5-35)49(68)65-24-22-63(23-25-65)18-12-34-10-14-52(15-11-34)16-20-64(21-17-52)50(69)37-8-9-43(54)45(28-37)66-19-13-47(67)62-51(66)70/h8-9,26-32,34-36H,4-7,10-25,58H2,1-3H3,(H,59,60,61)(H,62,67,70)/t32-,35?,36?/m0/s1. The lowest BCUT2D eigenvalue weighted by atomic mass is 9.65. The molecule has 0 unspecified atom stereocenters. The number of halogens is 4. The number of nitrogen functional groups attached to an aromatic ring is 1. The van der Waals surface area contributed by atoms with E-state index in [9.17, 15) is 32.3 Å². The maximum atomic E-state index is 13.9. The lowest BCUT2D eigenvalue weighted by molar-refractivity contribution is -0.139. The number of rotatable bonds is 11. The number of nitrogens with two attached hydrogens (primary N) is 1. The molecular formula is C53H65ClF3N9O5. The topological polar surface area (TPSA) is 166 Å². The van der Waals surface area contributed by atoms with Gasteiger partial charge in [0.2, 0.25) is 11.8 Å². The summed E-state index contributed by atoms with van der Waals surface area (Å²) in [6.07, 6.45) is 6.74. The Kier molecular flexibility index (Phi) is 14.7. The molecule has 5 amide bonds. The summed E-state index contributed by atoms with van der Waals surface area (Å²) in [6.45, 7) is 9.46. The Morgan fingerprint density at radius 3 is 2.30 bits per heavy atom. The predicted octanol–water partition coefficient (Wildman–Crippen LogP) is 9.74. The number of methoxy groups -OCH3 is 1. The molecule has 4 N–H and O–H groups in total. The molecule has 2 aliphatic carbocycles. The minimum absolute atomic E-state index is 0.0266. The van der Waals surface area contributed by atoms with E-state index in [1.165, 1.54) is 30.6 Å². The summed E-state index contributed by atoms with van der Waals surface area (Å²) in [6, 6.07) is 11.5. The van der Waals surface area contributed by atoms with E-state index in [0.29, 0.717) is 63.8 Å². The van der Waals surface area contributed by atoms with Gasteiger partial charge in [-0.15, -0.1) is 0 Å². The monoisotopic (exact) mass is 999 g/mol. The fourth-order valence-electron chi connectivity index (χ4n) is 11.8. The van der Waals surface area contributed by atoms with Gasteiger partial charge < -0.3 is 25.6 Å². The first-order chi connectivity index (χ1) is 34.0. The first-order valence-corrected chi connectivity index (χ1v) is 25.7. The highest BCUT2D eigenvalue weighted by molar-refractivity contribution is 6.34. The SMILES string of the molecule is COc1cc2nc(C)nc(N[C@@H](C)c3cc(N)cc(C(F)(F)F)c3)c2cc1C1CCC(C(=O)N2CCN(CCC3CCC4(CC3)CCN(C(=O)c3ccc(Cl)c(N5CCC(=O)NC5=O)c3)CC4)CC2)CC1. The molecule has 2 saturated carbocycles. The van der Waals surface area contributed by atoms with Gasteiger partial charge in [-0.25, -0.2) is 14.8 Å². The molecule has 18 heteroatoms. The molecule has 1 spiro atoms. The van der Waals surface area contributed by atoms with Crippen molar-refractivity contribution in [1.29, 1.82) is 0 Å². The molecule has 71 heavy (non-hydrogen) atoms. The summed E-state index contributed by atoms with van der Waals surface area (Å²) in [5, 5.41) is 6.76. The number of anilines is 3. The van der Waals surface area contributed by atoms with E-state index in [1.54, 1.807) is 45.2 Å². The number of aromatic nitrogens is 2. The van der Waals surface area contributed by atoms with Crippen molar-refractivity contribution in [2.45, 2.75) is 109 Å². The number of urea groups is 1. The van der Waals surface area contributed by atoms with Crippen molar-refractivity contribution in [3.63, 3.8) is 0 Å². The smallest absolute Gasteiger partial charge is 0.416 e. The Hall–Kier alpha value is -5.68. The third-order valence-corrected chi connectivity index (χ3v) is 16.5. The Morgan fingerprint density at radius 1 is 0.901 bits per heavy atom. The number of hydrogen-bond donors (Lipinski definition) is 3. The summed E-state index contributed by atoms with van der Waals surface area (Å²) < 4.78 is 46.8. The first kappa shape index (κ1) is 50.3. The summed E-state index contributed by atoms with van der Waals surface area (Å²) in [4.78, 5) is 69.0. The molecule has 1 aromatic heterocycles. The number of piperazine rings is 1. The number of fused-ring (bicyclic) bond motifs is 1. The van der Waals surface area contributed by atoms with Gasteiger partial charge >= 0.3 is 12.2 Å². The van der Waals surface area contributed by atoms with Gasteiger partial charge in [-0.2, -0.15) is 13.2 Å². The minimum Gasteiger partial charge on any atom is -0.496 e. The summed E-state index contributed by atoms with van der Waals surface area (Å²) in [5.74, 6) is 2.40. The Bertz CT molecular complexity index is 2650. The average Bonchev–Trinajstić information content (AvgIpc) is 3.35. The zero-order valence-electron chi connectivity index (χ0n) is 40.9. The molecule has 9 rings (SSSR count). The second-order valence-electron chi connectivity index (χ2n) is 20.6. The van der Waals surface area contributed by atoms with Crippen molar-refractivity contribution in [2.75, 3.05) is 75.4 Å². The molecule has 3 aliphatic heterocycles. The van der Waals surface area contributed by atoms with Crippen molar-refractivity contribution in [3.05, 3.63) is 81.6 Å². The number of hydrogen-bond acceptors (Lipinski definition) is 10. The molecule has 4 heterocycles. The van der Waals surface area contributed by atoms with Crippen LogP contribution in [-0.4, -0.2) is 108 Å². The van der Waals surface area contributed by atoms with E-state index in [0.717, 1.165) is 101 Å². The lowest BCUT2D eigenvalue weighted by Crippen LogP contribution is -2.51. The molecule has 1 atom stereocenters. The highest BCUT2D eigenvalue weighted by Crippen LogP contribution is 2.48. The van der Waals surface area contributed by atoms with E-state index in [1.807, 2.05) is 17.0 Å². The number of piperidine rings is 1. The van der Waals surface area contributed by atoms with Crippen molar-refractivity contribution >= 4 is 63.4 Å². The number of benzene rings is 3. The van der Waals surface area contributed by atoms with Crippen LogP contribution in [0.5, 0.6) is 5.75 Å². The number of carbonyl (C=O) groups is 4. The number of alkyl halides is 3. The molecule has 380 valence electrons. The second-order valence-corrected chi connectivity index (χ2v) is 21.1. The van der Waals surface area contributed by atoms with Crippen LogP contribution in [0.25, 0.3) is 10.9 Å². The van der Waals surface area contributed by atoms with Crippen LogP contribution in [0, 0.1) is 24.2 Å². The molecule has 3 saturated heterocycles. The van der Waals surface area contributed by atoms with Crippen LogP contribution in [0.2, 0.25) is 5.02 Å². The summed E-state index contributed by atoms with van der Waals surface area (Å²) in [5.41, 5.74) is 8.38. The Morgan fingerprint density at radius 2 is 1.62 bits per heavy atom. The second kappa shape index (κ2) is 20.8. The molecule has 4 aromatic rings. The molecule has 14 nitrogen and oxygen atoms in total. The van der Waals surface area contributed by atoms with Gasteiger partial charge in [0, 0.05) is 80.9 Å². The maximum Gasteiger partial charge on any atom is 0.416 e. The molecule has 3 aromatic carbocycles. The van der Waals surface area contributed by atoms with Crippen molar-refractivity contribution < 1.29 is 37.1 Å². The number of amides is 5.